The second kappa shape index (κ2) is 11.4. The van der Waals surface area contributed by atoms with Gasteiger partial charge in [-0.25, -0.2) is 0 Å². The average molecular weight is 669 g/mol. The maximum absolute atomic E-state index is 4.98. The first kappa shape index (κ1) is 29.6. The highest BCUT2D eigenvalue weighted by atomic mass is 28.3. The van der Waals surface area contributed by atoms with Crippen molar-refractivity contribution in [1.82, 2.24) is 19.9 Å². The van der Waals surface area contributed by atoms with Gasteiger partial charge in [-0.15, -0.1) is 0 Å². The van der Waals surface area contributed by atoms with E-state index < -0.39 is 8.07 Å². The van der Waals surface area contributed by atoms with E-state index in [2.05, 4.69) is 144 Å². The van der Waals surface area contributed by atoms with E-state index in [-0.39, 0.29) is 0 Å². The van der Waals surface area contributed by atoms with Crippen molar-refractivity contribution in [3.8, 4) is 55.8 Å². The van der Waals surface area contributed by atoms with Gasteiger partial charge in [0, 0.05) is 52.1 Å². The molecule has 0 unspecified atom stereocenters. The van der Waals surface area contributed by atoms with Crippen molar-refractivity contribution in [2.24, 2.45) is 0 Å². The Bertz CT molecular complexity index is 2840. The minimum Gasteiger partial charge on any atom is -0.256 e. The molecule has 5 heteroatoms. The molecule has 1 aliphatic heterocycles. The first-order valence-corrected chi connectivity index (χ1v) is 20.4. The maximum Gasteiger partial charge on any atom is 0.113 e. The largest absolute Gasteiger partial charge is 0.256 e. The topological polar surface area (TPSA) is 51.6 Å². The van der Waals surface area contributed by atoms with Crippen molar-refractivity contribution in [2.75, 3.05) is 0 Å². The van der Waals surface area contributed by atoms with Crippen molar-refractivity contribution >= 4 is 51.2 Å². The molecule has 0 amide bonds. The number of pyridine rings is 4. The molecule has 1 aliphatic rings. The van der Waals surface area contributed by atoms with Crippen LogP contribution in [-0.2, 0) is 0 Å². The molecular formula is C46H32N4Si. The van der Waals surface area contributed by atoms with Crippen LogP contribution in [0.15, 0.2) is 158 Å². The van der Waals surface area contributed by atoms with Crippen molar-refractivity contribution in [1.29, 1.82) is 0 Å². The molecular weight excluding hydrogens is 637 g/mol. The summed E-state index contributed by atoms with van der Waals surface area (Å²) in [5, 5.41) is 6.30. The molecule has 0 spiro atoms. The number of nitrogens with zero attached hydrogens (tertiary/aromatic N) is 4. The molecule has 4 nitrogen and oxygen atoms in total. The first-order valence-electron chi connectivity index (χ1n) is 17.4. The van der Waals surface area contributed by atoms with Gasteiger partial charge in [-0.05, 0) is 97.8 Å². The molecule has 0 radical (unpaired) electrons. The van der Waals surface area contributed by atoms with Crippen LogP contribution in [0.3, 0.4) is 0 Å². The summed E-state index contributed by atoms with van der Waals surface area (Å²) in [4.78, 5) is 19.1. The van der Waals surface area contributed by atoms with E-state index in [1.165, 1.54) is 38.2 Å². The highest BCUT2D eigenvalue weighted by Crippen LogP contribution is 2.38. The Kier molecular flexibility index (Phi) is 6.60. The lowest BCUT2D eigenvalue weighted by Crippen LogP contribution is -2.49. The summed E-state index contributed by atoms with van der Waals surface area (Å²) in [7, 11) is -1.83. The number of aromatic nitrogens is 4. The molecule has 0 fully saturated rings. The fourth-order valence-corrected chi connectivity index (χ4v) is 11.1. The zero-order valence-electron chi connectivity index (χ0n) is 28.3. The van der Waals surface area contributed by atoms with Crippen LogP contribution in [0.5, 0.6) is 0 Å². The summed E-state index contributed by atoms with van der Waals surface area (Å²) in [5.74, 6) is 0. The van der Waals surface area contributed by atoms with Gasteiger partial charge in [0.1, 0.15) is 8.07 Å². The highest BCUT2D eigenvalue weighted by Gasteiger charge is 2.37. The van der Waals surface area contributed by atoms with E-state index in [0.29, 0.717) is 0 Å². The lowest BCUT2D eigenvalue weighted by atomic mass is 9.91. The van der Waals surface area contributed by atoms with Gasteiger partial charge in [0.2, 0.25) is 0 Å². The average Bonchev–Trinajstić information content (AvgIpc) is 3.42. The van der Waals surface area contributed by atoms with E-state index in [1.54, 1.807) is 0 Å². The van der Waals surface area contributed by atoms with E-state index in [0.717, 1.165) is 60.7 Å². The highest BCUT2D eigenvalue weighted by molar-refractivity contribution is 7.03. The molecule has 0 saturated carbocycles. The molecule has 0 saturated heterocycles. The summed E-state index contributed by atoms with van der Waals surface area (Å²) < 4.78 is 0. The Morgan fingerprint density at radius 3 is 2.04 bits per heavy atom. The van der Waals surface area contributed by atoms with Crippen molar-refractivity contribution in [3.05, 3.63) is 158 Å². The van der Waals surface area contributed by atoms with Crippen molar-refractivity contribution in [3.63, 3.8) is 0 Å². The smallest absolute Gasteiger partial charge is 0.113 e. The summed E-state index contributed by atoms with van der Waals surface area (Å²) in [6, 6.07) is 48.3. The third-order valence-electron chi connectivity index (χ3n) is 10.6. The molecule has 240 valence electrons. The van der Waals surface area contributed by atoms with E-state index in [1.807, 2.05) is 36.9 Å². The summed E-state index contributed by atoms with van der Waals surface area (Å²) in [6.45, 7) is 4.95. The van der Waals surface area contributed by atoms with Crippen molar-refractivity contribution < 1.29 is 0 Å². The minimum atomic E-state index is -1.83. The molecule has 0 N–H and O–H groups in total. The molecule has 0 bridgehead atoms. The molecule has 5 aromatic carbocycles. The zero-order chi connectivity index (χ0) is 34.1. The Morgan fingerprint density at radius 2 is 1.14 bits per heavy atom. The number of benzene rings is 5. The van der Waals surface area contributed by atoms with Crippen molar-refractivity contribution in [2.45, 2.75) is 13.1 Å². The fourth-order valence-electron chi connectivity index (χ4n) is 7.97. The van der Waals surface area contributed by atoms with Gasteiger partial charge in [0.25, 0.3) is 0 Å². The van der Waals surface area contributed by atoms with E-state index in [9.17, 15) is 0 Å². The number of hydrogen-bond acceptors (Lipinski definition) is 4. The van der Waals surface area contributed by atoms with Crippen LogP contribution >= 0.6 is 0 Å². The molecule has 0 atom stereocenters. The predicted octanol–water partition coefficient (Wildman–Crippen LogP) is 10.2. The van der Waals surface area contributed by atoms with Gasteiger partial charge in [-0.1, -0.05) is 98.0 Å². The van der Waals surface area contributed by atoms with Gasteiger partial charge < -0.3 is 0 Å². The standard InChI is InChI=1S/C46H32N4Si/c1-51(2)43-13-4-3-9-39(43)40-18-16-30(26-44(40)51)33-23-34(25-35(24-33)37-10-5-12-42-38(37)11-7-20-47-42)32-17-19-41(49-27-32)36-22-31-15-14-29-8-6-21-48-45(29)46(31)50-28-36/h3-28H,1-2H3. The molecule has 4 aromatic heterocycles. The van der Waals surface area contributed by atoms with Gasteiger partial charge in [-0.3, -0.25) is 19.9 Å². The Hall–Kier alpha value is -6.30. The van der Waals surface area contributed by atoms with Crippen LogP contribution in [0, 0.1) is 0 Å². The Morgan fingerprint density at radius 1 is 0.412 bits per heavy atom. The third kappa shape index (κ3) is 4.81. The number of hydrogen-bond donors (Lipinski definition) is 0. The lowest BCUT2D eigenvalue weighted by molar-refractivity contribution is 1.30. The van der Waals surface area contributed by atoms with Crippen LogP contribution < -0.4 is 10.4 Å². The molecule has 5 heterocycles. The quantitative estimate of drug-likeness (QED) is 0.138. The third-order valence-corrected chi connectivity index (χ3v) is 14.2. The van der Waals surface area contributed by atoms with Gasteiger partial charge in [0.15, 0.2) is 0 Å². The van der Waals surface area contributed by atoms with Crippen LogP contribution in [0.25, 0.3) is 88.5 Å². The predicted molar refractivity (Wildman–Crippen MR) is 214 cm³/mol. The second-order valence-electron chi connectivity index (χ2n) is 14.0. The number of fused-ring (bicyclic) bond motifs is 7. The van der Waals surface area contributed by atoms with Crippen LogP contribution in [-0.4, -0.2) is 28.0 Å². The van der Waals surface area contributed by atoms with Gasteiger partial charge in [0.05, 0.1) is 22.2 Å². The molecule has 0 aliphatic carbocycles. The van der Waals surface area contributed by atoms with Crippen LogP contribution in [0.1, 0.15) is 0 Å². The minimum absolute atomic E-state index is 0.885. The fraction of sp³-hybridized carbons (Fsp3) is 0.0435. The normalized spacial score (nSPS) is 13.1. The van der Waals surface area contributed by atoms with Crippen LogP contribution in [0.2, 0.25) is 13.1 Å². The lowest BCUT2D eigenvalue weighted by Gasteiger charge is -2.20. The summed E-state index contributed by atoms with van der Waals surface area (Å²) in [5.41, 5.74) is 14.4. The first-order chi connectivity index (χ1) is 25.0. The molecule has 10 rings (SSSR count). The zero-order valence-corrected chi connectivity index (χ0v) is 29.3. The van der Waals surface area contributed by atoms with Gasteiger partial charge in [-0.2, -0.15) is 0 Å². The van der Waals surface area contributed by atoms with E-state index >= 15 is 0 Å². The van der Waals surface area contributed by atoms with E-state index in [4.69, 9.17) is 9.97 Å². The molecule has 9 aromatic rings. The Balaban J connectivity index is 1.09. The monoisotopic (exact) mass is 668 g/mol. The number of rotatable bonds is 4. The van der Waals surface area contributed by atoms with Gasteiger partial charge >= 0.3 is 0 Å². The maximum atomic E-state index is 4.98. The Labute approximate surface area is 297 Å². The second-order valence-corrected chi connectivity index (χ2v) is 18.3. The summed E-state index contributed by atoms with van der Waals surface area (Å²) in [6.07, 6.45) is 7.58. The molecule has 51 heavy (non-hydrogen) atoms. The summed E-state index contributed by atoms with van der Waals surface area (Å²) >= 11 is 0. The van der Waals surface area contributed by atoms with Crippen LogP contribution in [0.4, 0.5) is 0 Å². The SMILES string of the molecule is C[Si]1(C)c2ccccc2-c2ccc(-c3cc(-c4ccc(-c5cnc6c(ccc7cccnc76)c5)nc4)cc(-c4cccc5ncccc45)c3)cc21.